The van der Waals surface area contributed by atoms with Gasteiger partial charge in [0.25, 0.3) is 0 Å². The minimum atomic E-state index is -0.670. The quantitative estimate of drug-likeness (QED) is 0.600. The van der Waals surface area contributed by atoms with E-state index in [1.54, 1.807) is 0 Å². The third-order valence-corrected chi connectivity index (χ3v) is 1.49. The number of carbonyl (C=O) groups is 1. The molecule has 0 heterocycles. The van der Waals surface area contributed by atoms with Crippen molar-refractivity contribution < 1.29 is 12.8 Å². The van der Waals surface area contributed by atoms with Crippen molar-refractivity contribution >= 4 is 54.9 Å². The maximum Gasteiger partial charge on any atom is 2.00 e. The van der Waals surface area contributed by atoms with Gasteiger partial charge in [-0.05, 0) is 6.42 Å². The molecule has 0 fully saturated rings. The van der Waals surface area contributed by atoms with Crippen molar-refractivity contribution in [3.05, 3.63) is 0 Å². The van der Waals surface area contributed by atoms with Gasteiger partial charge in [-0.1, -0.05) is 32.6 Å². The van der Waals surface area contributed by atoms with Crippen molar-refractivity contribution in [2.24, 2.45) is 0 Å². The van der Waals surface area contributed by atoms with Crippen LogP contribution in [0.25, 0.3) is 0 Å². The van der Waals surface area contributed by atoms with E-state index in [0.29, 0.717) is 6.42 Å². The van der Waals surface area contributed by atoms with Gasteiger partial charge in [-0.2, -0.15) is 0 Å². The first-order valence-corrected chi connectivity index (χ1v) is 3.99. The van der Waals surface area contributed by atoms with Gasteiger partial charge in [0.2, 0.25) is 0 Å². The molecule has 64 valence electrons. The van der Waals surface area contributed by atoms with Gasteiger partial charge in [0, 0.05) is 6.42 Å². The average Bonchev–Trinajstić information content (AvgIpc) is 1.87. The molecule has 2 nitrogen and oxygen atoms in total. The molecule has 0 saturated heterocycles. The van der Waals surface area contributed by atoms with E-state index in [2.05, 4.69) is 6.92 Å². The van der Waals surface area contributed by atoms with Crippen molar-refractivity contribution in [1.29, 1.82) is 0 Å². The smallest absolute Gasteiger partial charge is 1.00 e. The molecule has 0 rings (SSSR count). The summed E-state index contributed by atoms with van der Waals surface area (Å²) in [5.74, 6) is -0.670. The van der Waals surface area contributed by atoms with Crippen molar-refractivity contribution in [1.82, 2.24) is 0 Å². The van der Waals surface area contributed by atoms with Crippen LogP contribution in [0.3, 0.4) is 0 Å². The van der Waals surface area contributed by atoms with E-state index >= 15 is 0 Å². The molecule has 0 spiro atoms. The number of carboxylic acids is 1. The minimum absolute atomic E-state index is 0. The monoisotopic (exact) mass is 284 g/mol. The Hall–Kier alpha value is 1.04. The molecule has 0 aliphatic rings. The maximum absolute atomic E-state index is 10.0. The molecule has 11 heavy (non-hydrogen) atoms. The largest absolute Gasteiger partial charge is 2.00 e. The molecule has 3 heteroatoms. The number of hydrogen-bond donors (Lipinski definition) is 1. The Labute approximate surface area is 112 Å². The molecule has 0 unspecified atom stereocenters. The van der Waals surface area contributed by atoms with Crippen LogP contribution in [-0.2, 0) is 4.79 Å². The third kappa shape index (κ3) is 14.0. The normalized spacial score (nSPS) is 8.82. The summed E-state index contributed by atoms with van der Waals surface area (Å²) in [4.78, 5) is 10.0. The van der Waals surface area contributed by atoms with Crippen molar-refractivity contribution in [3.63, 3.8) is 0 Å². The minimum Gasteiger partial charge on any atom is -1.00 e. The predicted octanol–water partition coefficient (Wildman–Crippen LogP) is 2.28. The van der Waals surface area contributed by atoms with Gasteiger partial charge < -0.3 is 7.96 Å². The fourth-order valence-electron chi connectivity index (χ4n) is 0.880. The Morgan fingerprint density at radius 2 is 1.82 bits per heavy atom. The number of rotatable bonds is 6. The summed E-state index contributed by atoms with van der Waals surface area (Å²) in [6.45, 7) is 2.15. The van der Waals surface area contributed by atoms with Crippen LogP contribution in [0.1, 0.15) is 48.3 Å². The molecule has 0 atom stereocenters. The van der Waals surface area contributed by atoms with E-state index in [9.17, 15) is 4.79 Å². The fraction of sp³-hybridized carbons (Fsp3) is 0.875. The van der Waals surface area contributed by atoms with Crippen LogP contribution >= 0.6 is 0 Å². The first-order valence-electron chi connectivity index (χ1n) is 3.99. The summed E-state index contributed by atoms with van der Waals surface area (Å²) >= 11 is 0. The number of hydrogen-bond acceptors (Lipinski definition) is 1. The van der Waals surface area contributed by atoms with Gasteiger partial charge in [0.05, 0.1) is 0 Å². The van der Waals surface area contributed by atoms with E-state index < -0.39 is 5.97 Å². The number of carboxylic acid groups (broad SMARTS) is 1. The molecule has 0 aliphatic heterocycles. The average molecular weight is 284 g/mol. The van der Waals surface area contributed by atoms with Crippen LogP contribution in [0.15, 0.2) is 0 Å². The van der Waals surface area contributed by atoms with Gasteiger partial charge in [-0.15, -0.1) is 0 Å². The second kappa shape index (κ2) is 11.0. The van der Waals surface area contributed by atoms with Crippen LogP contribution in [0.4, 0.5) is 0 Å². The van der Waals surface area contributed by atoms with E-state index in [4.69, 9.17) is 5.11 Å². The summed E-state index contributed by atoms with van der Waals surface area (Å²) < 4.78 is 0. The van der Waals surface area contributed by atoms with Gasteiger partial charge >= 0.3 is 54.9 Å². The molecule has 1 N–H and O–H groups in total. The Kier molecular flexibility index (Phi) is 14.6. The van der Waals surface area contributed by atoms with Crippen molar-refractivity contribution in [2.45, 2.75) is 45.4 Å². The molecule has 0 bridgehead atoms. The van der Waals surface area contributed by atoms with Crippen LogP contribution < -0.4 is 0 Å². The first kappa shape index (κ1) is 14.6. The summed E-state index contributed by atoms with van der Waals surface area (Å²) in [5.41, 5.74) is 0. The topological polar surface area (TPSA) is 37.3 Å². The van der Waals surface area contributed by atoms with Crippen molar-refractivity contribution in [3.8, 4) is 0 Å². The van der Waals surface area contributed by atoms with E-state index in [1.165, 1.54) is 19.3 Å². The maximum atomic E-state index is 10.0. The van der Waals surface area contributed by atoms with Gasteiger partial charge in [-0.25, -0.2) is 0 Å². The molecule has 0 aromatic carbocycles. The summed E-state index contributed by atoms with van der Waals surface area (Å²) in [6.07, 6.45) is 5.88. The van der Waals surface area contributed by atoms with Crippen LogP contribution in [0.2, 0.25) is 0 Å². The van der Waals surface area contributed by atoms with Gasteiger partial charge in [0.1, 0.15) is 0 Å². The Morgan fingerprint density at radius 1 is 1.27 bits per heavy atom. The number of unbranched alkanes of at least 4 members (excludes halogenated alkanes) is 4. The third-order valence-electron chi connectivity index (χ3n) is 1.49. The zero-order valence-corrected chi connectivity index (χ0v) is 11.7. The predicted molar refractivity (Wildman–Crippen MR) is 49.0 cm³/mol. The Bertz CT molecular complexity index is 102. The molecular formula is C8H18BaO2. The van der Waals surface area contributed by atoms with Gasteiger partial charge in [0.15, 0.2) is 0 Å². The van der Waals surface area contributed by atoms with Crippen molar-refractivity contribution in [2.75, 3.05) is 0 Å². The second-order valence-corrected chi connectivity index (χ2v) is 2.56. The fourth-order valence-corrected chi connectivity index (χ4v) is 0.880. The SMILES string of the molecule is CCCCCCCC(=O)O.[Ba+2].[H-].[H-]. The number of aliphatic carboxylic acids is 1. The summed E-state index contributed by atoms with van der Waals surface area (Å²) in [5, 5.41) is 8.27. The van der Waals surface area contributed by atoms with Crippen LogP contribution in [0.5, 0.6) is 0 Å². The van der Waals surface area contributed by atoms with E-state index in [-0.39, 0.29) is 51.7 Å². The molecule has 0 aromatic rings. The van der Waals surface area contributed by atoms with Crippen LogP contribution in [-0.4, -0.2) is 60.0 Å². The van der Waals surface area contributed by atoms with Gasteiger partial charge in [-0.3, -0.25) is 4.79 Å². The molecule has 0 saturated carbocycles. The van der Waals surface area contributed by atoms with E-state index in [1.807, 2.05) is 0 Å². The molecule has 0 aliphatic carbocycles. The molecule has 0 amide bonds. The molecule has 0 aromatic heterocycles. The standard InChI is InChI=1S/C8H16O2.Ba.2H/c1-2-3-4-5-6-7-8(9)10;;;/h2-7H2,1H3,(H,9,10);;;/q;+2;2*-1. The second-order valence-electron chi connectivity index (χ2n) is 2.56. The van der Waals surface area contributed by atoms with Crippen LogP contribution in [0, 0.1) is 0 Å². The molecule has 0 radical (unpaired) electrons. The molecular weight excluding hydrogens is 265 g/mol. The van der Waals surface area contributed by atoms with E-state index in [0.717, 1.165) is 12.8 Å². The summed E-state index contributed by atoms with van der Waals surface area (Å²) in [6, 6.07) is 0. The Balaban J connectivity index is -0.000000135. The Morgan fingerprint density at radius 3 is 2.27 bits per heavy atom. The zero-order valence-electron chi connectivity index (χ0n) is 9.31. The first-order chi connectivity index (χ1) is 4.77. The summed E-state index contributed by atoms with van der Waals surface area (Å²) in [7, 11) is 0. The zero-order chi connectivity index (χ0) is 7.82.